The van der Waals surface area contributed by atoms with Gasteiger partial charge in [-0.25, -0.2) is 0 Å². The Morgan fingerprint density at radius 1 is 1.05 bits per heavy atom. The van der Waals surface area contributed by atoms with Gasteiger partial charge in [0, 0.05) is 18.9 Å². The first-order valence-electron chi connectivity index (χ1n) is 12.7. The summed E-state index contributed by atoms with van der Waals surface area (Å²) in [6.07, 6.45) is 1.90. The molecular formula is C27H27BrCl2N2O7. The lowest BCUT2D eigenvalue weighted by Crippen LogP contribution is -2.60. The number of carbonyl (C=O) groups excluding carboxylic acids is 4. The number of halogens is 3. The van der Waals surface area contributed by atoms with Crippen molar-refractivity contribution >= 4 is 68.7 Å². The predicted octanol–water partition coefficient (Wildman–Crippen LogP) is 3.59. The van der Waals surface area contributed by atoms with Crippen LogP contribution in [0.5, 0.6) is 5.75 Å². The van der Waals surface area contributed by atoms with Crippen molar-refractivity contribution in [3.8, 4) is 5.75 Å². The Balaban J connectivity index is 1.65. The number of amides is 4. The van der Waals surface area contributed by atoms with Crippen LogP contribution in [0.15, 0.2) is 23.8 Å². The molecule has 3 fully saturated rings. The van der Waals surface area contributed by atoms with Crippen LogP contribution in [0.4, 0.5) is 0 Å². The van der Waals surface area contributed by atoms with E-state index in [1.807, 2.05) is 6.08 Å². The standard InChI is InChI=1S/C27H27BrCl2N2O7/c1-12-8-14(9-13(2)21(12)35)20-15-5-6-16-19(23(37)31(22(16)36)7-3-4-18(33)34)17(15)10-26(29)24(38)32(11-28)25(39)27(20,26)30/h5,8-9,16-17,19-20,35H,3-4,6-7,10-11H2,1-2H3,(H,33,34)/t16-,17+,19-,20-,26+,27-/m0/s1. The Hall–Kier alpha value is -2.43. The fourth-order valence-corrected chi connectivity index (χ4v) is 8.38. The average Bonchev–Trinajstić information content (AvgIpc) is 3.20. The third-order valence-corrected chi connectivity index (χ3v) is 10.6. The highest BCUT2D eigenvalue weighted by Gasteiger charge is 2.76. The van der Waals surface area contributed by atoms with Gasteiger partial charge in [0.1, 0.15) is 5.75 Å². The fraction of sp³-hybridized carbons (Fsp3) is 0.519. The van der Waals surface area contributed by atoms with E-state index in [1.54, 1.807) is 26.0 Å². The molecule has 2 saturated heterocycles. The van der Waals surface area contributed by atoms with Gasteiger partial charge in [0.25, 0.3) is 11.8 Å². The lowest BCUT2D eigenvalue weighted by molar-refractivity contribution is -0.142. The summed E-state index contributed by atoms with van der Waals surface area (Å²) in [6, 6.07) is 3.41. The largest absolute Gasteiger partial charge is 0.507 e. The number of hydrogen-bond donors (Lipinski definition) is 2. The molecule has 2 aliphatic heterocycles. The number of rotatable bonds is 6. The topological polar surface area (TPSA) is 132 Å². The highest BCUT2D eigenvalue weighted by Crippen LogP contribution is 2.65. The molecule has 1 aromatic carbocycles. The number of aromatic hydroxyl groups is 1. The maximum absolute atomic E-state index is 13.8. The molecule has 1 saturated carbocycles. The van der Waals surface area contributed by atoms with Gasteiger partial charge in [0.15, 0.2) is 9.75 Å². The number of carboxylic acids is 1. The van der Waals surface area contributed by atoms with E-state index in [4.69, 9.17) is 28.3 Å². The number of aryl methyl sites for hydroxylation is 2. The molecule has 208 valence electrons. The second kappa shape index (κ2) is 9.59. The number of nitrogens with zero attached hydrogens (tertiary/aromatic N) is 2. The Labute approximate surface area is 243 Å². The van der Waals surface area contributed by atoms with Crippen molar-refractivity contribution in [2.45, 2.75) is 55.2 Å². The first kappa shape index (κ1) is 28.1. The van der Waals surface area contributed by atoms with Crippen LogP contribution in [0.2, 0.25) is 0 Å². The number of alkyl halides is 3. The Morgan fingerprint density at radius 2 is 1.69 bits per heavy atom. The van der Waals surface area contributed by atoms with E-state index in [1.165, 1.54) is 0 Å². The minimum Gasteiger partial charge on any atom is -0.507 e. The van der Waals surface area contributed by atoms with Crippen LogP contribution >= 0.6 is 39.1 Å². The molecule has 12 heteroatoms. The van der Waals surface area contributed by atoms with Gasteiger partial charge in [-0.1, -0.05) is 39.7 Å². The van der Waals surface area contributed by atoms with Crippen LogP contribution in [-0.2, 0) is 24.0 Å². The average molecular weight is 642 g/mol. The molecule has 1 aromatic rings. The van der Waals surface area contributed by atoms with Crippen molar-refractivity contribution in [3.05, 3.63) is 40.5 Å². The Morgan fingerprint density at radius 3 is 2.28 bits per heavy atom. The van der Waals surface area contributed by atoms with E-state index < -0.39 is 57.1 Å². The Kier molecular flexibility index (Phi) is 6.91. The number of likely N-dealkylation sites (tertiary alicyclic amines) is 2. The highest BCUT2D eigenvalue weighted by atomic mass is 79.9. The van der Waals surface area contributed by atoms with E-state index in [2.05, 4.69) is 15.9 Å². The maximum atomic E-state index is 13.8. The zero-order valence-corrected chi connectivity index (χ0v) is 24.3. The van der Waals surface area contributed by atoms with Crippen LogP contribution < -0.4 is 0 Å². The van der Waals surface area contributed by atoms with Gasteiger partial charge >= 0.3 is 5.97 Å². The van der Waals surface area contributed by atoms with Crippen molar-refractivity contribution in [1.82, 2.24) is 9.80 Å². The molecule has 39 heavy (non-hydrogen) atoms. The van der Waals surface area contributed by atoms with Crippen LogP contribution in [0, 0.1) is 31.6 Å². The third kappa shape index (κ3) is 3.81. The van der Waals surface area contributed by atoms with Crippen molar-refractivity contribution in [2.75, 3.05) is 12.0 Å². The number of phenols is 1. The van der Waals surface area contributed by atoms with Crippen molar-refractivity contribution in [1.29, 1.82) is 0 Å². The zero-order valence-electron chi connectivity index (χ0n) is 21.2. The first-order valence-corrected chi connectivity index (χ1v) is 14.5. The van der Waals surface area contributed by atoms with E-state index in [0.29, 0.717) is 22.3 Å². The quantitative estimate of drug-likeness (QED) is 0.210. The summed E-state index contributed by atoms with van der Waals surface area (Å²) in [5.41, 5.74) is 2.22. The molecule has 5 rings (SSSR count). The number of hydrogen-bond acceptors (Lipinski definition) is 6. The molecule has 2 aliphatic carbocycles. The van der Waals surface area contributed by atoms with Crippen molar-refractivity contribution < 1.29 is 34.2 Å². The summed E-state index contributed by atoms with van der Waals surface area (Å²) in [6.45, 7) is 3.42. The summed E-state index contributed by atoms with van der Waals surface area (Å²) < 4.78 is 0. The molecule has 0 radical (unpaired) electrons. The number of imide groups is 2. The molecular weight excluding hydrogens is 615 g/mol. The Bertz CT molecular complexity index is 1340. The maximum Gasteiger partial charge on any atom is 0.303 e. The van der Waals surface area contributed by atoms with E-state index in [9.17, 15) is 29.1 Å². The van der Waals surface area contributed by atoms with Crippen molar-refractivity contribution in [3.63, 3.8) is 0 Å². The fourth-order valence-electron chi connectivity index (χ4n) is 6.96. The van der Waals surface area contributed by atoms with E-state index in [-0.39, 0.29) is 49.3 Å². The van der Waals surface area contributed by atoms with Gasteiger partial charge < -0.3 is 10.2 Å². The number of carboxylic acid groups (broad SMARTS) is 1. The van der Waals surface area contributed by atoms with Gasteiger partial charge in [-0.3, -0.25) is 33.8 Å². The predicted molar refractivity (Wildman–Crippen MR) is 145 cm³/mol. The van der Waals surface area contributed by atoms with Crippen LogP contribution in [0.1, 0.15) is 48.3 Å². The molecule has 6 atom stereocenters. The van der Waals surface area contributed by atoms with Gasteiger partial charge in [-0.05, 0) is 55.7 Å². The number of aliphatic carboxylic acids is 1. The second-order valence-electron chi connectivity index (χ2n) is 10.8. The summed E-state index contributed by atoms with van der Waals surface area (Å²) in [5, 5.41) is 19.4. The lowest BCUT2D eigenvalue weighted by Gasteiger charge is -2.51. The summed E-state index contributed by atoms with van der Waals surface area (Å²) in [7, 11) is 0. The SMILES string of the molecule is Cc1cc([C@H]2C3=CC[C@@H]4C(=O)N(CCCC(=O)O)C(=O)[C@@H]4[C@@H]3C[C@@]3(Cl)C(=O)N(CBr)C(=O)[C@@]23Cl)cc(C)c1O. The van der Waals surface area contributed by atoms with Gasteiger partial charge in [-0.15, -0.1) is 23.2 Å². The van der Waals surface area contributed by atoms with E-state index >= 15 is 0 Å². The summed E-state index contributed by atoms with van der Waals surface area (Å²) >= 11 is 17.6. The molecule has 0 aromatic heterocycles. The molecule has 4 amide bonds. The highest BCUT2D eigenvalue weighted by molar-refractivity contribution is 9.09. The van der Waals surface area contributed by atoms with Crippen molar-refractivity contribution in [2.24, 2.45) is 17.8 Å². The molecule has 0 bridgehead atoms. The van der Waals surface area contributed by atoms with Crippen LogP contribution in [-0.4, -0.2) is 71.4 Å². The minimum absolute atomic E-state index is 0.0148. The molecule has 9 nitrogen and oxygen atoms in total. The monoisotopic (exact) mass is 640 g/mol. The lowest BCUT2D eigenvalue weighted by atomic mass is 9.56. The number of benzene rings is 1. The molecule has 0 unspecified atom stereocenters. The normalized spacial score (nSPS) is 33.7. The summed E-state index contributed by atoms with van der Waals surface area (Å²) in [5.74, 6) is -6.11. The van der Waals surface area contributed by atoms with E-state index in [0.717, 1.165) is 9.80 Å². The third-order valence-electron chi connectivity index (χ3n) is 8.73. The number of carbonyl (C=O) groups is 5. The molecule has 4 aliphatic rings. The number of allylic oxidation sites excluding steroid dienone is 2. The van der Waals surface area contributed by atoms with Crippen LogP contribution in [0.25, 0.3) is 0 Å². The van der Waals surface area contributed by atoms with Crippen LogP contribution in [0.3, 0.4) is 0 Å². The van der Waals surface area contributed by atoms with Gasteiger partial charge in [0.05, 0.1) is 17.3 Å². The molecule has 0 spiro atoms. The zero-order chi connectivity index (χ0) is 28.6. The minimum atomic E-state index is -1.91. The smallest absolute Gasteiger partial charge is 0.303 e. The first-order chi connectivity index (χ1) is 18.3. The van der Waals surface area contributed by atoms with Gasteiger partial charge in [0.2, 0.25) is 11.8 Å². The number of fused-ring (bicyclic) bond motifs is 4. The molecule has 2 N–H and O–H groups in total. The number of phenolic OH excluding ortho intramolecular Hbond substituents is 1. The summed E-state index contributed by atoms with van der Waals surface area (Å²) in [4.78, 5) is 63.6. The molecule has 2 heterocycles. The van der Waals surface area contributed by atoms with Gasteiger partial charge in [-0.2, -0.15) is 0 Å². The second-order valence-corrected chi connectivity index (χ2v) is 12.6.